The molecule has 1 saturated carbocycles. The number of nitrogens with one attached hydrogen (secondary N) is 1. The first-order valence-electron chi connectivity index (χ1n) is 11.7. The van der Waals surface area contributed by atoms with Gasteiger partial charge in [0.15, 0.2) is 0 Å². The normalized spacial score (nSPS) is 19.3. The molecule has 1 aliphatic heterocycles. The number of aromatic nitrogens is 6. The molecule has 12 heteroatoms. The highest BCUT2D eigenvalue weighted by atomic mass is 16.6. The minimum Gasteiger partial charge on any atom is -0.450 e. The lowest BCUT2D eigenvalue weighted by atomic mass is 10.0. The van der Waals surface area contributed by atoms with E-state index in [2.05, 4.69) is 30.8 Å². The van der Waals surface area contributed by atoms with Gasteiger partial charge in [0.05, 0.1) is 18.8 Å². The van der Waals surface area contributed by atoms with Gasteiger partial charge < -0.3 is 20.1 Å². The predicted octanol–water partition coefficient (Wildman–Crippen LogP) is 1.98. The maximum Gasteiger partial charge on any atom is 0.410 e. The van der Waals surface area contributed by atoms with Crippen LogP contribution in [0.25, 0.3) is 11.5 Å². The van der Waals surface area contributed by atoms with Gasteiger partial charge in [-0.1, -0.05) is 6.07 Å². The quantitative estimate of drug-likeness (QED) is 0.561. The number of fused-ring (bicyclic) bond motifs is 1. The van der Waals surface area contributed by atoms with Gasteiger partial charge in [-0.25, -0.2) is 14.5 Å². The number of carbonyl (C=O) groups is 2. The van der Waals surface area contributed by atoms with E-state index < -0.39 is 12.0 Å². The Labute approximate surface area is 201 Å². The first-order chi connectivity index (χ1) is 17.0. The van der Waals surface area contributed by atoms with Crippen LogP contribution in [0.15, 0.2) is 30.5 Å². The van der Waals surface area contributed by atoms with Crippen molar-refractivity contribution in [2.24, 2.45) is 0 Å². The van der Waals surface area contributed by atoms with Crippen LogP contribution < -0.4 is 5.32 Å². The number of aliphatic hydroxyl groups is 1. The molecule has 0 aromatic carbocycles. The second-order valence-corrected chi connectivity index (χ2v) is 8.58. The van der Waals surface area contributed by atoms with Gasteiger partial charge >= 0.3 is 6.09 Å². The smallest absolute Gasteiger partial charge is 0.410 e. The van der Waals surface area contributed by atoms with Crippen molar-refractivity contribution in [2.45, 2.75) is 51.3 Å². The highest BCUT2D eigenvalue weighted by molar-refractivity contribution is 6.02. The summed E-state index contributed by atoms with van der Waals surface area (Å²) in [5.41, 5.74) is 2.57. The molecule has 0 bridgehead atoms. The first-order valence-corrected chi connectivity index (χ1v) is 11.7. The lowest BCUT2D eigenvalue weighted by molar-refractivity contribution is 0.102. The van der Waals surface area contributed by atoms with Crippen LogP contribution in [0, 0.1) is 0 Å². The molecule has 0 saturated heterocycles. The number of amides is 2. The standard InChI is InChI=1S/C23H26N8O4/c1-2-35-23(34)30-10-9-14-12-24-17(11-15(14)13-30)22(33)26-20-8-3-5-16(25-20)21-27-28-29-31(21)18-6-4-7-19(18)32/h3,5,8,11-12,18-19,32H,2,4,6-7,9-10,13H2,1H3,(H,25,26,33)/t18-,19+/m1/s1. The number of pyridine rings is 2. The number of anilines is 1. The van der Waals surface area contributed by atoms with Crippen LogP contribution in [-0.2, 0) is 17.7 Å². The molecule has 2 amide bonds. The van der Waals surface area contributed by atoms with Crippen LogP contribution in [0.2, 0.25) is 0 Å². The summed E-state index contributed by atoms with van der Waals surface area (Å²) >= 11 is 0. The molecule has 12 nitrogen and oxygen atoms in total. The van der Waals surface area contributed by atoms with Crippen molar-refractivity contribution in [3.05, 3.63) is 47.3 Å². The van der Waals surface area contributed by atoms with Crippen LogP contribution in [-0.4, -0.2) is 71.4 Å². The first kappa shape index (κ1) is 22.8. The second-order valence-electron chi connectivity index (χ2n) is 8.58. The van der Waals surface area contributed by atoms with Crippen molar-refractivity contribution in [3.8, 4) is 11.5 Å². The Morgan fingerprint density at radius 1 is 1.26 bits per heavy atom. The predicted molar refractivity (Wildman–Crippen MR) is 123 cm³/mol. The van der Waals surface area contributed by atoms with E-state index in [-0.39, 0.29) is 17.8 Å². The van der Waals surface area contributed by atoms with Gasteiger partial charge in [-0.3, -0.25) is 9.78 Å². The van der Waals surface area contributed by atoms with Gasteiger partial charge in [0.1, 0.15) is 17.2 Å². The largest absolute Gasteiger partial charge is 0.450 e. The number of rotatable bonds is 5. The van der Waals surface area contributed by atoms with E-state index in [0.29, 0.717) is 49.9 Å². The average Bonchev–Trinajstić information content (AvgIpc) is 3.52. The summed E-state index contributed by atoms with van der Waals surface area (Å²) in [7, 11) is 0. The molecule has 1 fully saturated rings. The Morgan fingerprint density at radius 3 is 2.94 bits per heavy atom. The molecule has 4 heterocycles. The minimum atomic E-state index is -0.505. The lowest BCUT2D eigenvalue weighted by Crippen LogP contribution is -2.36. The van der Waals surface area contributed by atoms with E-state index in [1.807, 2.05) is 0 Å². The summed E-state index contributed by atoms with van der Waals surface area (Å²) < 4.78 is 6.70. The van der Waals surface area contributed by atoms with Crippen molar-refractivity contribution in [1.82, 2.24) is 35.1 Å². The van der Waals surface area contributed by atoms with Crippen molar-refractivity contribution in [1.29, 1.82) is 0 Å². The van der Waals surface area contributed by atoms with Gasteiger partial charge in [0, 0.05) is 19.3 Å². The molecule has 182 valence electrons. The molecule has 3 aromatic heterocycles. The van der Waals surface area contributed by atoms with Gasteiger partial charge in [-0.15, -0.1) is 5.10 Å². The van der Waals surface area contributed by atoms with E-state index in [1.54, 1.807) is 47.0 Å². The number of nitrogens with zero attached hydrogens (tertiary/aromatic N) is 7. The maximum atomic E-state index is 12.9. The topological polar surface area (TPSA) is 148 Å². The summed E-state index contributed by atoms with van der Waals surface area (Å²) in [6.07, 6.45) is 3.85. The molecule has 2 atom stereocenters. The van der Waals surface area contributed by atoms with E-state index in [0.717, 1.165) is 24.0 Å². The second kappa shape index (κ2) is 9.74. The van der Waals surface area contributed by atoms with Gasteiger partial charge in [-0.05, 0) is 72.4 Å². The summed E-state index contributed by atoms with van der Waals surface area (Å²) in [6.45, 7) is 2.99. The fraction of sp³-hybridized carbons (Fsp3) is 0.435. The van der Waals surface area contributed by atoms with E-state index in [9.17, 15) is 14.7 Å². The van der Waals surface area contributed by atoms with Crippen LogP contribution in [0.3, 0.4) is 0 Å². The van der Waals surface area contributed by atoms with E-state index in [1.165, 1.54) is 0 Å². The third-order valence-electron chi connectivity index (χ3n) is 6.32. The lowest BCUT2D eigenvalue weighted by Gasteiger charge is -2.28. The maximum absolute atomic E-state index is 12.9. The molecule has 3 aromatic rings. The highest BCUT2D eigenvalue weighted by Gasteiger charge is 2.30. The summed E-state index contributed by atoms with van der Waals surface area (Å²) in [4.78, 5) is 35.5. The number of tetrazole rings is 1. The van der Waals surface area contributed by atoms with Crippen LogP contribution in [0.4, 0.5) is 10.6 Å². The van der Waals surface area contributed by atoms with Crippen molar-refractivity contribution < 1.29 is 19.4 Å². The zero-order valence-electron chi connectivity index (χ0n) is 19.3. The Bertz CT molecular complexity index is 1250. The van der Waals surface area contributed by atoms with Crippen LogP contribution >= 0.6 is 0 Å². The van der Waals surface area contributed by atoms with Crippen molar-refractivity contribution in [2.75, 3.05) is 18.5 Å². The molecule has 0 radical (unpaired) electrons. The van der Waals surface area contributed by atoms with Gasteiger partial charge in [0.2, 0.25) is 5.82 Å². The van der Waals surface area contributed by atoms with Crippen LogP contribution in [0.1, 0.15) is 53.8 Å². The minimum absolute atomic E-state index is 0.200. The molecule has 2 N–H and O–H groups in total. The Morgan fingerprint density at radius 2 is 2.14 bits per heavy atom. The molecule has 2 aliphatic rings. The Balaban J connectivity index is 1.32. The summed E-state index contributed by atoms with van der Waals surface area (Å²) in [6, 6.07) is 6.66. The number of carbonyl (C=O) groups excluding carboxylic acids is 2. The molecule has 5 rings (SSSR count). The monoisotopic (exact) mass is 478 g/mol. The summed E-state index contributed by atoms with van der Waals surface area (Å²) in [5, 5.41) is 24.9. The third kappa shape index (κ3) is 4.69. The number of hydrogen-bond acceptors (Lipinski definition) is 9. The fourth-order valence-corrected chi connectivity index (χ4v) is 4.53. The Kier molecular flexibility index (Phi) is 6.36. The average molecular weight is 479 g/mol. The fourth-order valence-electron chi connectivity index (χ4n) is 4.53. The van der Waals surface area contributed by atoms with Crippen LogP contribution in [0.5, 0.6) is 0 Å². The van der Waals surface area contributed by atoms with Crippen molar-refractivity contribution in [3.63, 3.8) is 0 Å². The van der Waals surface area contributed by atoms with Gasteiger partial charge in [-0.2, -0.15) is 0 Å². The molecule has 35 heavy (non-hydrogen) atoms. The summed E-state index contributed by atoms with van der Waals surface area (Å²) in [5.74, 6) is 0.330. The number of aliphatic hydroxyl groups excluding tert-OH is 1. The number of ether oxygens (including phenoxy) is 1. The van der Waals surface area contributed by atoms with Crippen molar-refractivity contribution >= 4 is 17.8 Å². The molecule has 1 aliphatic carbocycles. The Hall–Kier alpha value is -3.93. The zero-order valence-corrected chi connectivity index (χ0v) is 19.3. The van der Waals surface area contributed by atoms with Gasteiger partial charge in [0.25, 0.3) is 5.91 Å². The highest BCUT2D eigenvalue weighted by Crippen LogP contribution is 2.32. The molecule has 0 spiro atoms. The van der Waals surface area contributed by atoms with E-state index >= 15 is 0 Å². The number of hydrogen-bond donors (Lipinski definition) is 2. The SMILES string of the molecule is CCOC(=O)N1CCc2cnc(C(=O)Nc3cccc(-c4nnnn4[C@@H]4CCC[C@@H]4O)n3)cc2C1. The molecular weight excluding hydrogens is 452 g/mol. The third-order valence-corrected chi connectivity index (χ3v) is 6.32. The van der Waals surface area contributed by atoms with E-state index in [4.69, 9.17) is 4.74 Å². The molecular formula is C23H26N8O4. The zero-order chi connectivity index (χ0) is 24.4. The molecule has 0 unspecified atom stereocenters.